The maximum absolute atomic E-state index is 6.34. The Morgan fingerprint density at radius 3 is 2.76 bits per heavy atom. The topological polar surface area (TPSA) is 33.1 Å². The second-order valence-electron chi connectivity index (χ2n) is 5.63. The van der Waals surface area contributed by atoms with E-state index in [1.807, 2.05) is 14.0 Å². The van der Waals surface area contributed by atoms with Crippen LogP contribution in [-0.4, -0.2) is 34.3 Å². The predicted octanol–water partition coefficient (Wildman–Crippen LogP) is 2.53. The van der Waals surface area contributed by atoms with E-state index in [9.17, 15) is 0 Å². The van der Waals surface area contributed by atoms with Gasteiger partial charge in [-0.2, -0.15) is 5.10 Å². The Bertz CT molecular complexity index is 608. The molecule has 112 valence electrons. The molecule has 0 aliphatic carbocycles. The van der Waals surface area contributed by atoms with Crippen molar-refractivity contribution in [2.24, 2.45) is 7.05 Å². The molecule has 1 fully saturated rings. The molecule has 3 rings (SSSR count). The summed E-state index contributed by atoms with van der Waals surface area (Å²) >= 11 is 6.34. The fraction of sp³-hybridized carbons (Fsp3) is 0.438. The number of nitrogens with one attached hydrogen (secondary N) is 1. The van der Waals surface area contributed by atoms with Gasteiger partial charge in [-0.05, 0) is 12.5 Å². The van der Waals surface area contributed by atoms with Crippen LogP contribution in [0.25, 0.3) is 0 Å². The number of hydrogen-bond acceptors (Lipinski definition) is 3. The quantitative estimate of drug-likeness (QED) is 0.946. The molecule has 21 heavy (non-hydrogen) atoms. The fourth-order valence-corrected chi connectivity index (χ4v) is 3.17. The maximum Gasteiger partial charge on any atom is 0.131 e. The van der Waals surface area contributed by atoms with Gasteiger partial charge in [0.15, 0.2) is 0 Å². The molecule has 1 unspecified atom stereocenters. The summed E-state index contributed by atoms with van der Waals surface area (Å²) in [5.41, 5.74) is 3.52. The number of benzene rings is 1. The molecular weight excluding hydrogens is 284 g/mol. The van der Waals surface area contributed by atoms with E-state index in [1.54, 1.807) is 4.68 Å². The Hall–Kier alpha value is -1.36. The van der Waals surface area contributed by atoms with E-state index < -0.39 is 0 Å². The molecule has 2 heterocycles. The van der Waals surface area contributed by atoms with Gasteiger partial charge in [0.2, 0.25) is 0 Å². The van der Waals surface area contributed by atoms with Crippen LogP contribution in [-0.2, 0) is 13.6 Å². The van der Waals surface area contributed by atoms with E-state index in [0.29, 0.717) is 6.04 Å². The molecular formula is C16H21ClN4. The number of aryl methyl sites for hydroxylation is 2. The third kappa shape index (κ3) is 3.12. The van der Waals surface area contributed by atoms with Gasteiger partial charge in [-0.15, -0.1) is 0 Å². The number of halogens is 1. The highest BCUT2D eigenvalue weighted by molar-refractivity contribution is 6.30. The number of piperazine rings is 1. The average Bonchev–Trinajstić information content (AvgIpc) is 2.75. The van der Waals surface area contributed by atoms with Gasteiger partial charge in [-0.1, -0.05) is 41.9 Å². The fourth-order valence-electron chi connectivity index (χ4n) is 2.94. The Morgan fingerprint density at radius 1 is 1.33 bits per heavy atom. The van der Waals surface area contributed by atoms with Crippen LogP contribution in [0.4, 0.5) is 0 Å². The number of hydrogen-bond donors (Lipinski definition) is 1. The Morgan fingerprint density at radius 2 is 2.10 bits per heavy atom. The lowest BCUT2D eigenvalue weighted by molar-refractivity contribution is 0.193. The molecule has 5 heteroatoms. The van der Waals surface area contributed by atoms with Crippen LogP contribution >= 0.6 is 11.6 Å². The monoisotopic (exact) mass is 304 g/mol. The maximum atomic E-state index is 6.34. The summed E-state index contributed by atoms with van der Waals surface area (Å²) in [6.07, 6.45) is 0. The summed E-state index contributed by atoms with van der Waals surface area (Å²) in [7, 11) is 1.89. The van der Waals surface area contributed by atoms with Crippen LogP contribution in [0.2, 0.25) is 5.15 Å². The van der Waals surface area contributed by atoms with E-state index in [-0.39, 0.29) is 0 Å². The molecule has 2 aromatic rings. The molecule has 1 aliphatic heterocycles. The zero-order valence-electron chi connectivity index (χ0n) is 12.5. The molecule has 0 spiro atoms. The average molecular weight is 305 g/mol. The highest BCUT2D eigenvalue weighted by atomic mass is 35.5. The van der Waals surface area contributed by atoms with Crippen molar-refractivity contribution < 1.29 is 0 Å². The molecule has 1 aliphatic rings. The Kier molecular flexibility index (Phi) is 4.29. The van der Waals surface area contributed by atoms with Crippen LogP contribution < -0.4 is 5.32 Å². The smallest absolute Gasteiger partial charge is 0.131 e. The first-order valence-electron chi connectivity index (χ1n) is 7.34. The molecule has 0 amide bonds. The van der Waals surface area contributed by atoms with Gasteiger partial charge in [0.1, 0.15) is 5.15 Å². The van der Waals surface area contributed by atoms with Gasteiger partial charge in [0.05, 0.1) is 5.69 Å². The molecule has 1 N–H and O–H groups in total. The zero-order chi connectivity index (χ0) is 14.8. The van der Waals surface area contributed by atoms with Gasteiger partial charge < -0.3 is 5.32 Å². The number of aromatic nitrogens is 2. The molecule has 0 bridgehead atoms. The molecule has 1 aromatic carbocycles. The predicted molar refractivity (Wildman–Crippen MR) is 85.4 cm³/mol. The van der Waals surface area contributed by atoms with Gasteiger partial charge in [-0.3, -0.25) is 9.58 Å². The minimum absolute atomic E-state index is 0.385. The van der Waals surface area contributed by atoms with Crippen molar-refractivity contribution in [3.8, 4) is 0 Å². The SMILES string of the molecule is Cc1nn(C)c(Cl)c1CN1CCNC(c2ccccc2)C1. The van der Waals surface area contributed by atoms with Crippen molar-refractivity contribution in [3.63, 3.8) is 0 Å². The molecule has 1 atom stereocenters. The third-order valence-corrected chi connectivity index (χ3v) is 4.59. The Labute approximate surface area is 130 Å². The van der Waals surface area contributed by atoms with Crippen LogP contribution in [0.1, 0.15) is 22.9 Å². The first kappa shape index (κ1) is 14.6. The lowest BCUT2D eigenvalue weighted by atomic mass is 10.0. The minimum atomic E-state index is 0.385. The minimum Gasteiger partial charge on any atom is -0.308 e. The van der Waals surface area contributed by atoms with E-state index in [0.717, 1.165) is 42.6 Å². The normalized spacial score (nSPS) is 19.9. The van der Waals surface area contributed by atoms with Crippen molar-refractivity contribution in [1.29, 1.82) is 0 Å². The van der Waals surface area contributed by atoms with Gasteiger partial charge >= 0.3 is 0 Å². The van der Waals surface area contributed by atoms with E-state index in [2.05, 4.69) is 45.6 Å². The van der Waals surface area contributed by atoms with Crippen molar-refractivity contribution in [3.05, 3.63) is 52.3 Å². The van der Waals surface area contributed by atoms with Crippen molar-refractivity contribution in [1.82, 2.24) is 20.0 Å². The van der Waals surface area contributed by atoms with Crippen molar-refractivity contribution in [2.75, 3.05) is 19.6 Å². The second kappa shape index (κ2) is 6.18. The van der Waals surface area contributed by atoms with E-state index in [1.165, 1.54) is 5.56 Å². The highest BCUT2D eigenvalue weighted by Crippen LogP contribution is 2.23. The second-order valence-corrected chi connectivity index (χ2v) is 5.99. The standard InChI is InChI=1S/C16H21ClN4/c1-12-14(16(17)20(2)19-12)10-21-9-8-18-15(11-21)13-6-4-3-5-7-13/h3-7,15,18H,8-11H2,1-2H3. The molecule has 4 nitrogen and oxygen atoms in total. The summed E-state index contributed by atoms with van der Waals surface area (Å²) < 4.78 is 1.75. The van der Waals surface area contributed by atoms with Crippen molar-refractivity contribution >= 4 is 11.6 Å². The zero-order valence-corrected chi connectivity index (χ0v) is 13.3. The van der Waals surface area contributed by atoms with Gasteiger partial charge in [0.25, 0.3) is 0 Å². The summed E-state index contributed by atoms with van der Waals surface area (Å²) in [4.78, 5) is 2.45. The summed E-state index contributed by atoms with van der Waals surface area (Å²) in [5, 5.41) is 8.74. The first-order valence-corrected chi connectivity index (χ1v) is 7.71. The van der Waals surface area contributed by atoms with Crippen LogP contribution in [0.5, 0.6) is 0 Å². The molecule has 0 saturated carbocycles. The molecule has 0 radical (unpaired) electrons. The van der Waals surface area contributed by atoms with Crippen LogP contribution in [0.3, 0.4) is 0 Å². The first-order chi connectivity index (χ1) is 10.1. The highest BCUT2D eigenvalue weighted by Gasteiger charge is 2.22. The van der Waals surface area contributed by atoms with Crippen molar-refractivity contribution in [2.45, 2.75) is 19.5 Å². The summed E-state index contributed by atoms with van der Waals surface area (Å²) in [6.45, 7) is 5.92. The molecule has 1 aromatic heterocycles. The summed E-state index contributed by atoms with van der Waals surface area (Å²) in [6, 6.07) is 11.0. The van der Waals surface area contributed by atoms with Gasteiger partial charge in [-0.25, -0.2) is 0 Å². The lowest BCUT2D eigenvalue weighted by Crippen LogP contribution is -2.45. The number of rotatable bonds is 3. The summed E-state index contributed by atoms with van der Waals surface area (Å²) in [5.74, 6) is 0. The van der Waals surface area contributed by atoms with Crippen LogP contribution in [0, 0.1) is 6.92 Å². The van der Waals surface area contributed by atoms with Crippen LogP contribution in [0.15, 0.2) is 30.3 Å². The number of nitrogens with zero attached hydrogens (tertiary/aromatic N) is 3. The third-order valence-electron chi connectivity index (χ3n) is 4.11. The lowest BCUT2D eigenvalue weighted by Gasteiger charge is -2.34. The largest absolute Gasteiger partial charge is 0.308 e. The Balaban J connectivity index is 1.72. The molecule has 1 saturated heterocycles. The van der Waals surface area contributed by atoms with E-state index >= 15 is 0 Å². The van der Waals surface area contributed by atoms with E-state index in [4.69, 9.17) is 11.6 Å². The van der Waals surface area contributed by atoms with Gasteiger partial charge in [0, 0.05) is 44.8 Å².